The SMILES string of the molecule is CCNC(Cc1cc(Br)cs1)c1ccc(Br)o1. The second-order valence-corrected chi connectivity index (χ2v) is 6.38. The van der Waals surface area contributed by atoms with Gasteiger partial charge in [-0.1, -0.05) is 6.92 Å². The maximum absolute atomic E-state index is 5.62. The van der Waals surface area contributed by atoms with Crippen LogP contribution in [-0.4, -0.2) is 6.54 Å². The highest BCUT2D eigenvalue weighted by Gasteiger charge is 2.15. The lowest BCUT2D eigenvalue weighted by Gasteiger charge is -2.14. The number of halogens is 2. The van der Waals surface area contributed by atoms with E-state index in [2.05, 4.69) is 55.5 Å². The minimum absolute atomic E-state index is 0.233. The molecular formula is C12H13Br2NOS. The topological polar surface area (TPSA) is 25.2 Å². The summed E-state index contributed by atoms with van der Waals surface area (Å²) < 4.78 is 7.55. The molecule has 0 radical (unpaired) electrons. The molecule has 0 bridgehead atoms. The third kappa shape index (κ3) is 3.68. The van der Waals surface area contributed by atoms with Crippen LogP contribution in [0.15, 0.2) is 37.1 Å². The summed E-state index contributed by atoms with van der Waals surface area (Å²) in [6.07, 6.45) is 0.948. The molecule has 0 spiro atoms. The Bertz CT molecular complexity index is 480. The van der Waals surface area contributed by atoms with Gasteiger partial charge in [-0.25, -0.2) is 0 Å². The molecule has 2 rings (SSSR count). The Morgan fingerprint density at radius 3 is 2.76 bits per heavy atom. The number of thiophene rings is 1. The van der Waals surface area contributed by atoms with Crippen molar-refractivity contribution in [3.05, 3.63) is 43.4 Å². The predicted octanol–water partition coefficient (Wildman–Crippen LogP) is 4.76. The van der Waals surface area contributed by atoms with Crippen molar-refractivity contribution in [2.45, 2.75) is 19.4 Å². The van der Waals surface area contributed by atoms with E-state index in [0.717, 1.165) is 27.9 Å². The van der Waals surface area contributed by atoms with Gasteiger partial charge in [-0.05, 0) is 56.6 Å². The number of hydrogen-bond acceptors (Lipinski definition) is 3. The average Bonchev–Trinajstić information content (AvgIpc) is 2.87. The van der Waals surface area contributed by atoms with Crippen LogP contribution in [0.25, 0.3) is 0 Å². The molecule has 1 unspecified atom stereocenters. The molecule has 2 aromatic rings. The van der Waals surface area contributed by atoms with Crippen molar-refractivity contribution in [3.8, 4) is 0 Å². The van der Waals surface area contributed by atoms with Crippen molar-refractivity contribution < 1.29 is 4.42 Å². The molecule has 0 aliphatic carbocycles. The number of nitrogens with one attached hydrogen (secondary N) is 1. The lowest BCUT2D eigenvalue weighted by Crippen LogP contribution is -2.22. The van der Waals surface area contributed by atoms with Crippen LogP contribution in [0.4, 0.5) is 0 Å². The maximum atomic E-state index is 5.62. The highest BCUT2D eigenvalue weighted by molar-refractivity contribution is 9.10. The molecule has 5 heteroatoms. The molecular weight excluding hydrogens is 366 g/mol. The van der Waals surface area contributed by atoms with Gasteiger partial charge in [0.05, 0.1) is 6.04 Å². The first-order valence-corrected chi connectivity index (χ1v) is 7.87. The van der Waals surface area contributed by atoms with Gasteiger partial charge in [0.2, 0.25) is 0 Å². The van der Waals surface area contributed by atoms with Crippen molar-refractivity contribution in [1.29, 1.82) is 0 Å². The lowest BCUT2D eigenvalue weighted by molar-refractivity contribution is 0.406. The van der Waals surface area contributed by atoms with Crippen LogP contribution < -0.4 is 5.32 Å². The summed E-state index contributed by atoms with van der Waals surface area (Å²) >= 11 is 8.59. The van der Waals surface area contributed by atoms with Gasteiger partial charge < -0.3 is 9.73 Å². The molecule has 0 aliphatic heterocycles. The molecule has 0 saturated carbocycles. The first-order chi connectivity index (χ1) is 8.19. The summed E-state index contributed by atoms with van der Waals surface area (Å²) in [6, 6.07) is 6.34. The molecule has 0 aromatic carbocycles. The van der Waals surface area contributed by atoms with E-state index in [1.54, 1.807) is 11.3 Å². The predicted molar refractivity (Wildman–Crippen MR) is 78.5 cm³/mol. The Kier molecular flexibility index (Phi) is 4.85. The molecule has 0 saturated heterocycles. The molecule has 0 amide bonds. The van der Waals surface area contributed by atoms with E-state index in [4.69, 9.17) is 4.42 Å². The third-order valence-corrected chi connectivity index (χ3v) is 4.56. The molecule has 2 heterocycles. The third-order valence-electron chi connectivity index (χ3n) is 2.42. The second-order valence-electron chi connectivity index (χ2n) is 3.69. The first kappa shape index (κ1) is 13.3. The fourth-order valence-corrected chi connectivity index (χ4v) is 3.51. The summed E-state index contributed by atoms with van der Waals surface area (Å²) in [5.41, 5.74) is 0. The number of likely N-dealkylation sites (N-methyl/N-ethyl adjacent to an activating group) is 1. The van der Waals surface area contributed by atoms with E-state index in [0.29, 0.717) is 0 Å². The quantitative estimate of drug-likeness (QED) is 0.811. The molecule has 2 aromatic heterocycles. The van der Waals surface area contributed by atoms with Crippen LogP contribution in [0, 0.1) is 0 Å². The van der Waals surface area contributed by atoms with Gasteiger partial charge in [0, 0.05) is 21.2 Å². The van der Waals surface area contributed by atoms with E-state index in [1.165, 1.54) is 4.88 Å². The van der Waals surface area contributed by atoms with Crippen LogP contribution in [0.3, 0.4) is 0 Å². The van der Waals surface area contributed by atoms with E-state index in [1.807, 2.05) is 12.1 Å². The summed E-state index contributed by atoms with van der Waals surface area (Å²) in [7, 11) is 0. The van der Waals surface area contributed by atoms with E-state index >= 15 is 0 Å². The van der Waals surface area contributed by atoms with Crippen molar-refractivity contribution in [3.63, 3.8) is 0 Å². The zero-order valence-electron chi connectivity index (χ0n) is 9.37. The Balaban J connectivity index is 2.12. The molecule has 1 N–H and O–H groups in total. The fraction of sp³-hybridized carbons (Fsp3) is 0.333. The van der Waals surface area contributed by atoms with Crippen molar-refractivity contribution >= 4 is 43.2 Å². The number of furan rings is 1. The molecule has 2 nitrogen and oxygen atoms in total. The summed E-state index contributed by atoms with van der Waals surface area (Å²) in [6.45, 7) is 3.03. The zero-order chi connectivity index (χ0) is 12.3. The van der Waals surface area contributed by atoms with Crippen molar-refractivity contribution in [2.24, 2.45) is 0 Å². The average molecular weight is 379 g/mol. The summed E-state index contributed by atoms with van der Waals surface area (Å²) in [5.74, 6) is 0.975. The Morgan fingerprint density at radius 1 is 1.41 bits per heavy atom. The van der Waals surface area contributed by atoms with Crippen molar-refractivity contribution in [2.75, 3.05) is 6.54 Å². The Morgan fingerprint density at radius 2 is 2.24 bits per heavy atom. The molecule has 0 fully saturated rings. The standard InChI is InChI=1S/C12H13Br2NOS/c1-2-15-10(11-3-4-12(14)16-11)6-9-5-8(13)7-17-9/h3-5,7,10,15H,2,6H2,1H3. The smallest absolute Gasteiger partial charge is 0.169 e. The van der Waals surface area contributed by atoms with Crippen LogP contribution in [0.1, 0.15) is 23.6 Å². The van der Waals surface area contributed by atoms with Crippen molar-refractivity contribution in [1.82, 2.24) is 5.32 Å². The normalized spacial score (nSPS) is 12.9. The molecule has 0 aliphatic rings. The molecule has 92 valence electrons. The van der Waals surface area contributed by atoms with E-state index in [9.17, 15) is 0 Å². The number of rotatable bonds is 5. The Hall–Kier alpha value is -0.100. The molecule has 17 heavy (non-hydrogen) atoms. The highest BCUT2D eigenvalue weighted by atomic mass is 79.9. The van der Waals surface area contributed by atoms with E-state index in [-0.39, 0.29) is 6.04 Å². The number of hydrogen-bond donors (Lipinski definition) is 1. The van der Waals surface area contributed by atoms with Gasteiger partial charge in [0.15, 0.2) is 4.67 Å². The van der Waals surface area contributed by atoms with E-state index < -0.39 is 0 Å². The minimum atomic E-state index is 0.233. The van der Waals surface area contributed by atoms with Gasteiger partial charge in [-0.3, -0.25) is 0 Å². The summed E-state index contributed by atoms with van der Waals surface area (Å²) in [5, 5.41) is 5.55. The minimum Gasteiger partial charge on any atom is -0.453 e. The highest BCUT2D eigenvalue weighted by Crippen LogP contribution is 2.27. The van der Waals surface area contributed by atoms with Crippen LogP contribution in [0.2, 0.25) is 0 Å². The van der Waals surface area contributed by atoms with Crippen LogP contribution in [-0.2, 0) is 6.42 Å². The molecule has 1 atom stereocenters. The largest absolute Gasteiger partial charge is 0.453 e. The second kappa shape index (κ2) is 6.18. The zero-order valence-corrected chi connectivity index (χ0v) is 13.4. The van der Waals surface area contributed by atoms with Gasteiger partial charge in [-0.2, -0.15) is 0 Å². The van der Waals surface area contributed by atoms with Gasteiger partial charge in [-0.15, -0.1) is 11.3 Å². The van der Waals surface area contributed by atoms with Gasteiger partial charge >= 0.3 is 0 Å². The van der Waals surface area contributed by atoms with Gasteiger partial charge in [0.25, 0.3) is 0 Å². The maximum Gasteiger partial charge on any atom is 0.169 e. The van der Waals surface area contributed by atoms with Crippen LogP contribution >= 0.6 is 43.2 Å². The van der Waals surface area contributed by atoms with Gasteiger partial charge in [0.1, 0.15) is 5.76 Å². The lowest BCUT2D eigenvalue weighted by atomic mass is 10.1. The summed E-state index contributed by atoms with van der Waals surface area (Å²) in [4.78, 5) is 1.34. The first-order valence-electron chi connectivity index (χ1n) is 5.40. The fourth-order valence-electron chi connectivity index (χ4n) is 1.70. The Labute approximate surface area is 122 Å². The van der Waals surface area contributed by atoms with Crippen LogP contribution in [0.5, 0.6) is 0 Å². The monoisotopic (exact) mass is 377 g/mol.